The standard InChI is InChI=1S/C25H23F2N5O2/c26-19-10-18(17-4-1-15-5-7-28-21(15)12-17)11-20(27)23(19)32-22(29-30-25(32)34)9-14-6-8-31(13-14)24(33)16-2-3-16/h1,4-5,7,10-12,14,16,28H,2-3,6,8-9,13H2,(H,30,34)/t14-/m0/s1. The van der Waals surface area contributed by atoms with E-state index in [1.807, 2.05) is 23.1 Å². The first-order valence-corrected chi connectivity index (χ1v) is 11.5. The number of rotatable bonds is 5. The second-order valence-corrected chi connectivity index (χ2v) is 9.27. The van der Waals surface area contributed by atoms with E-state index < -0.39 is 23.0 Å². The number of fused-ring (bicyclic) bond motifs is 1. The van der Waals surface area contributed by atoms with Crippen molar-refractivity contribution in [1.29, 1.82) is 0 Å². The summed E-state index contributed by atoms with van der Waals surface area (Å²) < 4.78 is 31.5. The van der Waals surface area contributed by atoms with E-state index in [0.717, 1.165) is 34.7 Å². The molecule has 6 rings (SSSR count). The lowest BCUT2D eigenvalue weighted by Crippen LogP contribution is -2.30. The largest absolute Gasteiger partial charge is 0.361 e. The highest BCUT2D eigenvalue weighted by atomic mass is 19.1. The minimum atomic E-state index is -0.844. The highest BCUT2D eigenvalue weighted by Crippen LogP contribution is 2.34. The monoisotopic (exact) mass is 463 g/mol. The maximum absolute atomic E-state index is 15.2. The molecule has 0 unspecified atom stereocenters. The number of aromatic nitrogens is 4. The third-order valence-corrected chi connectivity index (χ3v) is 6.87. The van der Waals surface area contributed by atoms with Gasteiger partial charge in [-0.1, -0.05) is 12.1 Å². The molecule has 1 saturated carbocycles. The van der Waals surface area contributed by atoms with Crippen molar-refractivity contribution in [2.45, 2.75) is 25.7 Å². The van der Waals surface area contributed by atoms with Gasteiger partial charge in [-0.25, -0.2) is 23.2 Å². The molecule has 1 atom stereocenters. The van der Waals surface area contributed by atoms with E-state index in [-0.39, 0.29) is 23.6 Å². The van der Waals surface area contributed by atoms with Gasteiger partial charge in [-0.05, 0) is 66.0 Å². The van der Waals surface area contributed by atoms with E-state index in [4.69, 9.17) is 0 Å². The Bertz CT molecular complexity index is 1440. The average molecular weight is 463 g/mol. The van der Waals surface area contributed by atoms with Gasteiger partial charge < -0.3 is 9.88 Å². The Morgan fingerprint density at radius 3 is 2.62 bits per heavy atom. The zero-order valence-corrected chi connectivity index (χ0v) is 18.4. The molecule has 34 heavy (non-hydrogen) atoms. The Morgan fingerprint density at radius 1 is 1.06 bits per heavy atom. The van der Waals surface area contributed by atoms with Crippen LogP contribution >= 0.6 is 0 Å². The van der Waals surface area contributed by atoms with Crippen molar-refractivity contribution in [2.75, 3.05) is 13.1 Å². The van der Waals surface area contributed by atoms with Crippen LogP contribution in [0, 0.1) is 23.5 Å². The number of aromatic amines is 2. The smallest absolute Gasteiger partial charge is 0.348 e. The van der Waals surface area contributed by atoms with Crippen LogP contribution in [0.15, 0.2) is 47.4 Å². The lowest BCUT2D eigenvalue weighted by molar-refractivity contribution is -0.131. The van der Waals surface area contributed by atoms with Crippen LogP contribution in [0.5, 0.6) is 0 Å². The number of hydrogen-bond acceptors (Lipinski definition) is 3. The quantitative estimate of drug-likeness (QED) is 0.472. The third-order valence-electron chi connectivity index (χ3n) is 6.87. The molecule has 0 radical (unpaired) electrons. The number of nitrogens with zero attached hydrogens (tertiary/aromatic N) is 3. The van der Waals surface area contributed by atoms with Gasteiger partial charge in [0.05, 0.1) is 0 Å². The van der Waals surface area contributed by atoms with Gasteiger partial charge in [0.25, 0.3) is 0 Å². The molecule has 1 saturated heterocycles. The van der Waals surface area contributed by atoms with E-state index in [0.29, 0.717) is 30.6 Å². The topological polar surface area (TPSA) is 86.8 Å². The molecule has 2 aromatic carbocycles. The van der Waals surface area contributed by atoms with Gasteiger partial charge in [0, 0.05) is 37.1 Å². The fourth-order valence-electron chi connectivity index (χ4n) is 4.92. The molecule has 2 N–H and O–H groups in total. The van der Waals surface area contributed by atoms with Crippen molar-refractivity contribution in [3.05, 3.63) is 70.5 Å². The lowest BCUT2D eigenvalue weighted by Gasteiger charge is -2.16. The van der Waals surface area contributed by atoms with E-state index in [1.165, 1.54) is 12.1 Å². The van der Waals surface area contributed by atoms with E-state index in [2.05, 4.69) is 15.2 Å². The van der Waals surface area contributed by atoms with Crippen LogP contribution in [-0.2, 0) is 11.2 Å². The molecule has 4 aromatic rings. The molecule has 1 amide bonds. The summed E-state index contributed by atoms with van der Waals surface area (Å²) in [5.74, 6) is -1.01. The molecule has 1 aliphatic heterocycles. The number of carbonyl (C=O) groups excluding carboxylic acids is 1. The molecular formula is C25H23F2N5O2. The average Bonchev–Trinajstić information content (AvgIpc) is 3.21. The first-order chi connectivity index (χ1) is 16.5. The van der Waals surface area contributed by atoms with Crippen LogP contribution in [0.3, 0.4) is 0 Å². The highest BCUT2D eigenvalue weighted by Gasteiger charge is 2.37. The number of nitrogens with one attached hydrogen (secondary N) is 2. The first kappa shape index (κ1) is 20.8. The van der Waals surface area contributed by atoms with Crippen molar-refractivity contribution >= 4 is 16.8 Å². The number of amides is 1. The summed E-state index contributed by atoms with van der Waals surface area (Å²) in [6.07, 6.45) is 4.82. The number of H-pyrrole nitrogens is 2. The van der Waals surface area contributed by atoms with Gasteiger partial charge in [-0.2, -0.15) is 5.10 Å². The van der Waals surface area contributed by atoms with Crippen LogP contribution in [0.2, 0.25) is 0 Å². The van der Waals surface area contributed by atoms with Crippen LogP contribution < -0.4 is 5.69 Å². The van der Waals surface area contributed by atoms with Gasteiger partial charge >= 0.3 is 5.69 Å². The molecule has 2 aliphatic rings. The van der Waals surface area contributed by atoms with Crippen molar-refractivity contribution in [2.24, 2.45) is 11.8 Å². The summed E-state index contributed by atoms with van der Waals surface area (Å²) in [5, 5.41) is 7.38. The molecule has 9 heteroatoms. The summed E-state index contributed by atoms with van der Waals surface area (Å²) in [6, 6.07) is 9.89. The van der Waals surface area contributed by atoms with Crippen LogP contribution in [0.4, 0.5) is 8.78 Å². The molecule has 0 bridgehead atoms. The van der Waals surface area contributed by atoms with Gasteiger partial charge in [-0.3, -0.25) is 4.79 Å². The summed E-state index contributed by atoms with van der Waals surface area (Å²) in [5.41, 5.74) is 0.755. The molecule has 2 fully saturated rings. The molecule has 174 valence electrons. The second kappa shape index (κ2) is 7.93. The third kappa shape index (κ3) is 3.61. The van der Waals surface area contributed by atoms with Gasteiger partial charge in [-0.15, -0.1) is 0 Å². The molecule has 1 aliphatic carbocycles. The Morgan fingerprint density at radius 2 is 1.85 bits per heavy atom. The maximum Gasteiger partial charge on any atom is 0.348 e. The predicted molar refractivity (Wildman–Crippen MR) is 123 cm³/mol. The summed E-state index contributed by atoms with van der Waals surface area (Å²) in [7, 11) is 0. The molecule has 2 aromatic heterocycles. The number of halogens is 2. The number of benzene rings is 2. The zero-order chi connectivity index (χ0) is 23.4. The summed E-state index contributed by atoms with van der Waals surface area (Å²) >= 11 is 0. The van der Waals surface area contributed by atoms with Crippen molar-refractivity contribution in [1.82, 2.24) is 24.6 Å². The van der Waals surface area contributed by atoms with E-state index >= 15 is 8.78 Å². The maximum atomic E-state index is 15.2. The fourth-order valence-corrected chi connectivity index (χ4v) is 4.92. The Labute approximate surface area is 193 Å². The SMILES string of the molecule is O=C(C1CC1)N1CC[C@@H](Cc2n[nH]c(=O)n2-c2c(F)cc(-c3ccc4cc[nH]c4c3)cc2F)C1. The normalized spacial score (nSPS) is 18.2. The van der Waals surface area contributed by atoms with Crippen molar-refractivity contribution < 1.29 is 13.6 Å². The van der Waals surface area contributed by atoms with Crippen molar-refractivity contribution in [3.8, 4) is 16.8 Å². The molecule has 0 spiro atoms. The Hall–Kier alpha value is -3.75. The van der Waals surface area contributed by atoms with Crippen LogP contribution in [0.1, 0.15) is 25.1 Å². The molecule has 7 nitrogen and oxygen atoms in total. The Kier molecular flexibility index (Phi) is 4.86. The number of carbonyl (C=O) groups is 1. The summed E-state index contributed by atoms with van der Waals surface area (Å²) in [6.45, 7) is 1.23. The lowest BCUT2D eigenvalue weighted by atomic mass is 10.0. The first-order valence-electron chi connectivity index (χ1n) is 11.5. The number of hydrogen-bond donors (Lipinski definition) is 2. The fraction of sp³-hybridized carbons (Fsp3) is 0.320. The van der Waals surface area contributed by atoms with E-state index in [9.17, 15) is 9.59 Å². The van der Waals surface area contributed by atoms with Gasteiger partial charge in [0.15, 0.2) is 11.6 Å². The van der Waals surface area contributed by atoms with Crippen LogP contribution in [0.25, 0.3) is 27.7 Å². The van der Waals surface area contributed by atoms with Gasteiger partial charge in [0.2, 0.25) is 5.91 Å². The summed E-state index contributed by atoms with van der Waals surface area (Å²) in [4.78, 5) is 29.8. The molecular weight excluding hydrogens is 440 g/mol. The minimum Gasteiger partial charge on any atom is -0.361 e. The number of likely N-dealkylation sites (tertiary alicyclic amines) is 1. The highest BCUT2D eigenvalue weighted by molar-refractivity contribution is 5.85. The van der Waals surface area contributed by atoms with E-state index in [1.54, 1.807) is 12.3 Å². The Balaban J connectivity index is 1.30. The molecule has 3 heterocycles. The zero-order valence-electron chi connectivity index (χ0n) is 18.4. The minimum absolute atomic E-state index is 0.0783. The second-order valence-electron chi connectivity index (χ2n) is 9.27. The predicted octanol–water partition coefficient (Wildman–Crippen LogP) is 3.79. The van der Waals surface area contributed by atoms with Gasteiger partial charge in [0.1, 0.15) is 11.5 Å². The van der Waals surface area contributed by atoms with Crippen LogP contribution in [-0.4, -0.2) is 43.6 Å². The van der Waals surface area contributed by atoms with Crippen molar-refractivity contribution in [3.63, 3.8) is 0 Å².